The summed E-state index contributed by atoms with van der Waals surface area (Å²) in [6.45, 7) is 0. The first-order valence-corrected chi connectivity index (χ1v) is 9.85. The Morgan fingerprint density at radius 2 is 1.71 bits per heavy atom. The van der Waals surface area contributed by atoms with Crippen molar-refractivity contribution in [3.8, 4) is 0 Å². The lowest BCUT2D eigenvalue weighted by atomic mass is 9.95. The minimum Gasteiger partial charge on any atom is -0.481 e. The lowest BCUT2D eigenvalue weighted by Gasteiger charge is -2.11. The third kappa shape index (κ3) is 11.1. The summed E-state index contributed by atoms with van der Waals surface area (Å²) in [6.07, 6.45) is 7.70. The molecule has 0 fully saturated rings. The molecule has 1 aliphatic carbocycles. The fraction of sp³-hybridized carbons (Fsp3) is 0.333. The van der Waals surface area contributed by atoms with E-state index in [1.807, 2.05) is 30.3 Å². The highest BCUT2D eigenvalue weighted by atomic mass is 32.3. The van der Waals surface area contributed by atoms with Gasteiger partial charge in [-0.05, 0) is 49.9 Å². The third-order valence-corrected chi connectivity index (χ3v) is 3.56. The van der Waals surface area contributed by atoms with E-state index in [1.54, 1.807) is 12.4 Å². The molecule has 0 atom stereocenters. The van der Waals surface area contributed by atoms with Crippen LogP contribution < -0.4 is 0 Å². The Hall–Kier alpha value is -2.69. The Morgan fingerprint density at radius 3 is 2.29 bits per heavy atom. The number of carboxylic acids is 1. The highest BCUT2D eigenvalue weighted by Gasteiger charge is 2.16. The number of aliphatic carboxylic acids is 1. The minimum absolute atomic E-state index is 0.219. The van der Waals surface area contributed by atoms with Crippen LogP contribution in [0.1, 0.15) is 47.4 Å². The van der Waals surface area contributed by atoms with Crippen LogP contribution in [0.5, 0.6) is 0 Å². The number of Topliss-reactive ketones (excluding diaryl/α,β-unsaturated/α-hetero) is 1. The van der Waals surface area contributed by atoms with Crippen molar-refractivity contribution in [3.63, 3.8) is 0 Å². The standard InChI is InChI=1S/C9H11NO2.C9H9NO.H2O4S/c11-9(12)6-3-5-8-4-1-2-7-10-8;11-9-5-1-4-8-7(9)3-2-6-10-8;1-5(2,3)4/h1-2,4,7H,3,5-6H2,(H,11,12);2-3,6H,1,4-5H2;(H2,1,2,3,4). The second-order valence-electron chi connectivity index (χ2n) is 5.79. The van der Waals surface area contributed by atoms with Gasteiger partial charge in [0, 0.05) is 36.5 Å². The molecule has 0 spiro atoms. The van der Waals surface area contributed by atoms with Gasteiger partial charge >= 0.3 is 16.4 Å². The predicted octanol–water partition coefficient (Wildman–Crippen LogP) is 2.44. The van der Waals surface area contributed by atoms with Crippen molar-refractivity contribution >= 4 is 22.2 Å². The number of pyridine rings is 2. The van der Waals surface area contributed by atoms with E-state index in [1.165, 1.54) is 0 Å². The molecule has 0 radical (unpaired) electrons. The molecular formula is C18H22N2O7S. The molecule has 0 saturated carbocycles. The van der Waals surface area contributed by atoms with Crippen LogP contribution in [0.3, 0.4) is 0 Å². The Kier molecular flexibility index (Phi) is 9.93. The maximum absolute atomic E-state index is 11.2. The van der Waals surface area contributed by atoms with Gasteiger partial charge in [0.1, 0.15) is 0 Å². The van der Waals surface area contributed by atoms with Crippen molar-refractivity contribution in [2.24, 2.45) is 0 Å². The Bertz CT molecular complexity index is 863. The first-order chi connectivity index (χ1) is 13.2. The highest BCUT2D eigenvalue weighted by molar-refractivity contribution is 7.79. The number of carboxylic acid groups (broad SMARTS) is 1. The maximum atomic E-state index is 11.2. The van der Waals surface area contributed by atoms with Gasteiger partial charge in [-0.3, -0.25) is 28.7 Å². The van der Waals surface area contributed by atoms with Gasteiger partial charge < -0.3 is 5.11 Å². The van der Waals surface area contributed by atoms with Crippen LogP contribution in [0.4, 0.5) is 0 Å². The van der Waals surface area contributed by atoms with Crippen molar-refractivity contribution < 1.29 is 32.2 Å². The van der Waals surface area contributed by atoms with E-state index in [0.717, 1.165) is 36.2 Å². The maximum Gasteiger partial charge on any atom is 0.394 e. The summed E-state index contributed by atoms with van der Waals surface area (Å²) >= 11 is 0. The van der Waals surface area contributed by atoms with Crippen LogP contribution in [-0.4, -0.2) is 44.4 Å². The minimum atomic E-state index is -4.67. The van der Waals surface area contributed by atoms with E-state index in [-0.39, 0.29) is 12.2 Å². The number of ketones is 1. The van der Waals surface area contributed by atoms with Crippen LogP contribution in [0, 0.1) is 0 Å². The molecule has 3 N–H and O–H groups in total. The van der Waals surface area contributed by atoms with Gasteiger partial charge in [0.15, 0.2) is 5.78 Å². The third-order valence-electron chi connectivity index (χ3n) is 3.56. The van der Waals surface area contributed by atoms with Gasteiger partial charge in [0.05, 0.1) is 5.69 Å². The zero-order valence-corrected chi connectivity index (χ0v) is 15.9. The Balaban J connectivity index is 0.000000228. The number of carbonyl (C=O) groups excluding carboxylic acids is 1. The predicted molar refractivity (Wildman–Crippen MR) is 100 cm³/mol. The fourth-order valence-corrected chi connectivity index (χ4v) is 2.41. The molecule has 2 heterocycles. The number of aromatic nitrogens is 2. The normalized spacial score (nSPS) is 12.6. The number of hydrogen-bond donors (Lipinski definition) is 3. The smallest absolute Gasteiger partial charge is 0.394 e. The second kappa shape index (κ2) is 11.9. The highest BCUT2D eigenvalue weighted by Crippen LogP contribution is 2.17. The van der Waals surface area contributed by atoms with E-state index in [2.05, 4.69) is 9.97 Å². The van der Waals surface area contributed by atoms with Crippen LogP contribution in [0.2, 0.25) is 0 Å². The topological polar surface area (TPSA) is 155 Å². The van der Waals surface area contributed by atoms with Crippen molar-refractivity contribution in [2.75, 3.05) is 0 Å². The molecule has 0 amide bonds. The van der Waals surface area contributed by atoms with Crippen LogP contribution in [-0.2, 0) is 28.0 Å². The molecule has 0 saturated heterocycles. The summed E-state index contributed by atoms with van der Waals surface area (Å²) in [7, 11) is -4.67. The number of fused-ring (bicyclic) bond motifs is 1. The SMILES string of the molecule is O=C(O)CCCc1ccccn1.O=C1CCCc2ncccc21.O=S(=O)(O)O. The molecule has 0 bridgehead atoms. The molecule has 152 valence electrons. The molecule has 28 heavy (non-hydrogen) atoms. The van der Waals surface area contributed by atoms with Crippen molar-refractivity contribution in [2.45, 2.75) is 38.5 Å². The van der Waals surface area contributed by atoms with Crippen molar-refractivity contribution in [1.29, 1.82) is 0 Å². The molecule has 10 heteroatoms. The second-order valence-corrected chi connectivity index (χ2v) is 6.69. The molecule has 0 unspecified atom stereocenters. The summed E-state index contributed by atoms with van der Waals surface area (Å²) in [5.74, 6) is -0.495. The Morgan fingerprint density at radius 1 is 1.04 bits per heavy atom. The molecule has 0 aromatic carbocycles. The summed E-state index contributed by atoms with van der Waals surface area (Å²) in [4.78, 5) is 29.6. The lowest BCUT2D eigenvalue weighted by Crippen LogP contribution is -2.11. The number of carbonyl (C=O) groups is 2. The number of hydrogen-bond acceptors (Lipinski definition) is 6. The number of rotatable bonds is 4. The Labute approximate surface area is 163 Å². The molecule has 9 nitrogen and oxygen atoms in total. The molecule has 1 aliphatic rings. The first-order valence-electron chi connectivity index (χ1n) is 8.45. The summed E-state index contributed by atoms with van der Waals surface area (Å²) in [5.41, 5.74) is 2.77. The van der Waals surface area contributed by atoms with Gasteiger partial charge in [0.25, 0.3) is 0 Å². The van der Waals surface area contributed by atoms with Gasteiger partial charge in [0.2, 0.25) is 0 Å². The van der Waals surface area contributed by atoms with Gasteiger partial charge in [-0.15, -0.1) is 0 Å². The summed E-state index contributed by atoms with van der Waals surface area (Å²) in [6, 6.07) is 9.34. The summed E-state index contributed by atoms with van der Waals surface area (Å²) < 4.78 is 31.6. The summed E-state index contributed by atoms with van der Waals surface area (Å²) in [5, 5.41) is 8.37. The van der Waals surface area contributed by atoms with E-state index >= 15 is 0 Å². The monoisotopic (exact) mass is 410 g/mol. The average molecular weight is 410 g/mol. The van der Waals surface area contributed by atoms with E-state index in [4.69, 9.17) is 22.6 Å². The number of nitrogens with zero attached hydrogens (tertiary/aromatic N) is 2. The van der Waals surface area contributed by atoms with Crippen LogP contribution in [0.25, 0.3) is 0 Å². The quantitative estimate of drug-likeness (QED) is 0.644. The average Bonchev–Trinajstić information content (AvgIpc) is 2.62. The first kappa shape index (κ1) is 23.3. The fourth-order valence-electron chi connectivity index (χ4n) is 2.41. The molecule has 2 aromatic rings. The van der Waals surface area contributed by atoms with Gasteiger partial charge in [-0.25, -0.2) is 0 Å². The zero-order chi connectivity index (χ0) is 21.0. The molecule has 3 rings (SSSR count). The molecular weight excluding hydrogens is 388 g/mol. The zero-order valence-electron chi connectivity index (χ0n) is 15.1. The van der Waals surface area contributed by atoms with E-state index < -0.39 is 16.4 Å². The van der Waals surface area contributed by atoms with Crippen molar-refractivity contribution in [3.05, 3.63) is 59.7 Å². The molecule has 2 aromatic heterocycles. The van der Waals surface area contributed by atoms with E-state index in [9.17, 15) is 9.59 Å². The van der Waals surface area contributed by atoms with E-state index in [0.29, 0.717) is 12.8 Å². The van der Waals surface area contributed by atoms with Gasteiger partial charge in [-0.2, -0.15) is 8.42 Å². The van der Waals surface area contributed by atoms with Crippen LogP contribution >= 0.6 is 0 Å². The number of aryl methyl sites for hydroxylation is 2. The van der Waals surface area contributed by atoms with Crippen LogP contribution in [0.15, 0.2) is 42.7 Å². The molecule has 0 aliphatic heterocycles. The largest absolute Gasteiger partial charge is 0.481 e. The van der Waals surface area contributed by atoms with Gasteiger partial charge in [-0.1, -0.05) is 6.07 Å². The van der Waals surface area contributed by atoms with Crippen molar-refractivity contribution in [1.82, 2.24) is 9.97 Å². The lowest BCUT2D eigenvalue weighted by molar-refractivity contribution is -0.137.